The number of benzene rings is 1. The van der Waals surface area contributed by atoms with E-state index in [0.29, 0.717) is 11.0 Å². The van der Waals surface area contributed by atoms with E-state index in [9.17, 15) is 0 Å². The Labute approximate surface area is 135 Å². The van der Waals surface area contributed by atoms with Gasteiger partial charge in [-0.3, -0.25) is 0 Å². The van der Waals surface area contributed by atoms with Gasteiger partial charge in [0.25, 0.3) is 0 Å². The number of aromatic nitrogens is 2. The largest absolute Gasteiger partial charge is 0.228 e. The normalized spacial score (nSPS) is 11.1. The van der Waals surface area contributed by atoms with Crippen LogP contribution in [-0.4, -0.2) is 9.97 Å². The van der Waals surface area contributed by atoms with Gasteiger partial charge in [-0.25, -0.2) is 9.97 Å². The number of rotatable bonds is 1. The van der Waals surface area contributed by atoms with E-state index in [4.69, 9.17) is 11.6 Å². The molecule has 0 fully saturated rings. The van der Waals surface area contributed by atoms with Crippen LogP contribution in [0.4, 0.5) is 0 Å². The fourth-order valence-corrected chi connectivity index (χ4v) is 3.48. The van der Waals surface area contributed by atoms with Crippen LogP contribution in [0.25, 0.3) is 22.3 Å². The first-order chi connectivity index (χ1) is 8.63. The monoisotopic (exact) mass is 450 g/mol. The molecule has 18 heavy (non-hydrogen) atoms. The van der Waals surface area contributed by atoms with E-state index in [1.54, 1.807) is 11.3 Å². The summed E-state index contributed by atoms with van der Waals surface area (Å²) in [5.74, 6) is 0.663. The SMILES string of the molecule is Clc1nc(-c2csc(Br)c2)nc2ccc(I)cc12. The quantitative estimate of drug-likeness (QED) is 0.367. The summed E-state index contributed by atoms with van der Waals surface area (Å²) in [4.78, 5) is 8.91. The minimum Gasteiger partial charge on any atom is -0.228 e. The number of nitrogens with zero attached hydrogens (tertiary/aromatic N) is 2. The smallest absolute Gasteiger partial charge is 0.162 e. The Bertz CT molecular complexity index is 744. The maximum Gasteiger partial charge on any atom is 0.162 e. The van der Waals surface area contributed by atoms with Gasteiger partial charge in [0.1, 0.15) is 5.15 Å². The van der Waals surface area contributed by atoms with Crippen molar-refractivity contribution < 1.29 is 0 Å². The number of halogens is 3. The summed E-state index contributed by atoms with van der Waals surface area (Å²) >= 11 is 13.5. The number of hydrogen-bond donors (Lipinski definition) is 0. The Kier molecular flexibility index (Phi) is 3.57. The Balaban J connectivity index is 2.24. The van der Waals surface area contributed by atoms with Gasteiger partial charge in [0.05, 0.1) is 9.30 Å². The molecule has 2 heterocycles. The van der Waals surface area contributed by atoms with Gasteiger partial charge in [-0.15, -0.1) is 11.3 Å². The van der Waals surface area contributed by atoms with Crippen molar-refractivity contribution in [3.8, 4) is 11.4 Å². The number of fused-ring (bicyclic) bond motifs is 1. The minimum atomic E-state index is 0.496. The maximum atomic E-state index is 6.23. The molecule has 0 saturated heterocycles. The highest BCUT2D eigenvalue weighted by atomic mass is 127. The standard InChI is InChI=1S/C12H5BrClIN2S/c13-10-3-6(5-18-10)12-16-9-2-1-7(15)4-8(9)11(14)17-12/h1-5H. The van der Waals surface area contributed by atoms with Gasteiger partial charge >= 0.3 is 0 Å². The lowest BCUT2D eigenvalue weighted by Crippen LogP contribution is -1.91. The van der Waals surface area contributed by atoms with Crippen LogP contribution in [0.2, 0.25) is 5.15 Å². The zero-order valence-electron chi connectivity index (χ0n) is 8.82. The van der Waals surface area contributed by atoms with Gasteiger partial charge < -0.3 is 0 Å². The molecule has 0 aliphatic carbocycles. The lowest BCUT2D eigenvalue weighted by atomic mass is 10.2. The fourth-order valence-electron chi connectivity index (χ4n) is 1.62. The highest BCUT2D eigenvalue weighted by Crippen LogP contribution is 2.30. The van der Waals surface area contributed by atoms with Gasteiger partial charge in [-0.1, -0.05) is 11.6 Å². The van der Waals surface area contributed by atoms with Crippen molar-refractivity contribution in [3.63, 3.8) is 0 Å². The lowest BCUT2D eigenvalue weighted by molar-refractivity contribution is 1.23. The second-order valence-electron chi connectivity index (χ2n) is 3.64. The molecule has 0 bridgehead atoms. The third-order valence-electron chi connectivity index (χ3n) is 2.44. The Morgan fingerprint density at radius 3 is 2.78 bits per heavy atom. The minimum absolute atomic E-state index is 0.496. The van der Waals surface area contributed by atoms with Gasteiger partial charge in [0.2, 0.25) is 0 Å². The van der Waals surface area contributed by atoms with Gasteiger partial charge in [-0.2, -0.15) is 0 Å². The molecular formula is C12H5BrClIN2S. The van der Waals surface area contributed by atoms with Gasteiger partial charge in [0.15, 0.2) is 5.82 Å². The van der Waals surface area contributed by atoms with Crippen molar-refractivity contribution >= 4 is 72.4 Å². The topological polar surface area (TPSA) is 25.8 Å². The first-order valence-electron chi connectivity index (χ1n) is 5.01. The van der Waals surface area contributed by atoms with Crippen LogP contribution in [-0.2, 0) is 0 Å². The fraction of sp³-hybridized carbons (Fsp3) is 0. The van der Waals surface area contributed by atoms with Gasteiger partial charge in [0, 0.05) is 19.9 Å². The summed E-state index contributed by atoms with van der Waals surface area (Å²) in [5.41, 5.74) is 1.85. The second-order valence-corrected chi connectivity index (χ2v) is 7.53. The molecule has 6 heteroatoms. The molecule has 2 nitrogen and oxygen atoms in total. The summed E-state index contributed by atoms with van der Waals surface area (Å²) in [5, 5.41) is 3.39. The van der Waals surface area contributed by atoms with Crippen molar-refractivity contribution in [2.75, 3.05) is 0 Å². The molecule has 0 unspecified atom stereocenters. The van der Waals surface area contributed by atoms with E-state index in [1.165, 1.54) is 0 Å². The summed E-state index contributed by atoms with van der Waals surface area (Å²) in [6.45, 7) is 0. The van der Waals surface area contributed by atoms with Crippen molar-refractivity contribution in [1.29, 1.82) is 0 Å². The third kappa shape index (κ3) is 2.41. The highest BCUT2D eigenvalue weighted by molar-refractivity contribution is 14.1. The molecule has 3 rings (SSSR count). The van der Waals surface area contributed by atoms with Crippen LogP contribution in [0.15, 0.2) is 33.4 Å². The van der Waals surface area contributed by atoms with Crippen molar-refractivity contribution in [3.05, 3.63) is 42.2 Å². The van der Waals surface area contributed by atoms with Crippen LogP contribution >= 0.6 is 61.5 Å². The van der Waals surface area contributed by atoms with Crippen molar-refractivity contribution in [2.24, 2.45) is 0 Å². The maximum absolute atomic E-state index is 6.23. The van der Waals surface area contributed by atoms with Crippen LogP contribution in [0.1, 0.15) is 0 Å². The predicted molar refractivity (Wildman–Crippen MR) is 88.3 cm³/mol. The number of thiophene rings is 1. The lowest BCUT2D eigenvalue weighted by Gasteiger charge is -2.03. The Morgan fingerprint density at radius 1 is 1.22 bits per heavy atom. The van der Waals surface area contributed by atoms with E-state index >= 15 is 0 Å². The predicted octanol–water partition coefficient (Wildman–Crippen LogP) is 5.38. The van der Waals surface area contributed by atoms with E-state index in [2.05, 4.69) is 48.5 Å². The summed E-state index contributed by atoms with van der Waals surface area (Å²) in [7, 11) is 0. The first kappa shape index (κ1) is 12.8. The van der Waals surface area contributed by atoms with Crippen molar-refractivity contribution in [1.82, 2.24) is 9.97 Å². The molecule has 0 N–H and O–H groups in total. The van der Waals surface area contributed by atoms with Gasteiger partial charge in [-0.05, 0) is 62.8 Å². The molecule has 0 spiro atoms. The second kappa shape index (κ2) is 5.03. The molecule has 0 radical (unpaired) electrons. The Morgan fingerprint density at radius 2 is 2.06 bits per heavy atom. The molecule has 2 aromatic heterocycles. The van der Waals surface area contributed by atoms with E-state index < -0.39 is 0 Å². The average Bonchev–Trinajstić information content (AvgIpc) is 2.77. The Hall–Kier alpha value is -0.240. The average molecular weight is 452 g/mol. The molecule has 90 valence electrons. The molecule has 0 aliphatic rings. The molecule has 0 saturated carbocycles. The zero-order valence-corrected chi connectivity index (χ0v) is 14.1. The zero-order chi connectivity index (χ0) is 12.7. The molecule has 0 amide bonds. The van der Waals surface area contributed by atoms with E-state index in [1.807, 2.05) is 29.6 Å². The molecule has 0 atom stereocenters. The highest BCUT2D eigenvalue weighted by Gasteiger charge is 2.09. The molecular weight excluding hydrogens is 446 g/mol. The van der Waals surface area contributed by atoms with Crippen LogP contribution < -0.4 is 0 Å². The molecule has 0 aliphatic heterocycles. The van der Waals surface area contributed by atoms with Crippen LogP contribution in [0, 0.1) is 3.57 Å². The van der Waals surface area contributed by atoms with Crippen molar-refractivity contribution in [2.45, 2.75) is 0 Å². The summed E-state index contributed by atoms with van der Waals surface area (Å²) < 4.78 is 2.18. The van der Waals surface area contributed by atoms with Crippen LogP contribution in [0.5, 0.6) is 0 Å². The third-order valence-corrected chi connectivity index (χ3v) is 4.90. The molecule has 3 aromatic rings. The summed E-state index contributed by atoms with van der Waals surface area (Å²) in [6, 6.07) is 7.97. The summed E-state index contributed by atoms with van der Waals surface area (Å²) in [6.07, 6.45) is 0. The molecule has 1 aromatic carbocycles. The van der Waals surface area contributed by atoms with E-state index in [0.717, 1.165) is 23.8 Å². The van der Waals surface area contributed by atoms with E-state index in [-0.39, 0.29) is 0 Å². The first-order valence-corrected chi connectivity index (χ1v) is 8.13. The van der Waals surface area contributed by atoms with Crippen LogP contribution in [0.3, 0.4) is 0 Å². The number of hydrogen-bond acceptors (Lipinski definition) is 3.